The van der Waals surface area contributed by atoms with Gasteiger partial charge in [0.15, 0.2) is 0 Å². The summed E-state index contributed by atoms with van der Waals surface area (Å²) in [5.41, 5.74) is 0.0883. The molecule has 0 aromatic carbocycles. The van der Waals surface area contributed by atoms with Gasteiger partial charge in [-0.1, -0.05) is 13.8 Å². The third-order valence-corrected chi connectivity index (χ3v) is 5.26. The number of nitrogens with zero attached hydrogens (tertiary/aromatic N) is 1. The van der Waals surface area contributed by atoms with Crippen molar-refractivity contribution in [3.63, 3.8) is 0 Å². The first-order valence-corrected chi connectivity index (χ1v) is 7.70. The number of nitrogens with one attached hydrogen (secondary N) is 1. The maximum atomic E-state index is 12.4. The Kier molecular flexibility index (Phi) is 5.04. The second-order valence-electron chi connectivity index (χ2n) is 6.08. The Morgan fingerprint density at radius 2 is 2.15 bits per heavy atom. The fraction of sp³-hybridized carbons (Fsp3) is 0.933. The molecule has 1 heterocycles. The van der Waals surface area contributed by atoms with Crippen LogP contribution in [0.4, 0.5) is 0 Å². The van der Waals surface area contributed by atoms with Gasteiger partial charge in [0.25, 0.3) is 5.91 Å². The summed E-state index contributed by atoms with van der Waals surface area (Å²) in [5.74, 6) is 0.0300. The Morgan fingerprint density at radius 3 is 2.70 bits per heavy atom. The van der Waals surface area contributed by atoms with E-state index in [9.17, 15) is 4.79 Å². The predicted octanol–water partition coefficient (Wildman–Crippen LogP) is 1.03. The molecule has 116 valence electrons. The fourth-order valence-electron chi connectivity index (χ4n) is 3.68. The van der Waals surface area contributed by atoms with Crippen molar-refractivity contribution in [3.8, 4) is 0 Å². The van der Waals surface area contributed by atoms with E-state index in [0.29, 0.717) is 13.2 Å². The van der Waals surface area contributed by atoms with Crippen LogP contribution in [-0.2, 0) is 14.3 Å². The van der Waals surface area contributed by atoms with Gasteiger partial charge in [0.1, 0.15) is 6.10 Å². The maximum absolute atomic E-state index is 12.4. The van der Waals surface area contributed by atoms with Gasteiger partial charge in [-0.2, -0.15) is 0 Å². The zero-order valence-corrected chi connectivity index (χ0v) is 13.1. The smallest absolute Gasteiger partial charge is 0.250 e. The van der Waals surface area contributed by atoms with Crippen LogP contribution in [-0.4, -0.2) is 62.9 Å². The van der Waals surface area contributed by atoms with Gasteiger partial charge in [-0.25, -0.2) is 0 Å². The summed E-state index contributed by atoms with van der Waals surface area (Å²) in [5, 5.41) is 3.19. The number of carbonyl (C=O) groups excluding carboxylic acids is 1. The largest absolute Gasteiger partial charge is 0.381 e. The summed E-state index contributed by atoms with van der Waals surface area (Å²) in [4.78, 5) is 14.5. The Bertz CT molecular complexity index is 344. The van der Waals surface area contributed by atoms with Crippen molar-refractivity contribution >= 4 is 5.91 Å². The van der Waals surface area contributed by atoms with Gasteiger partial charge < -0.3 is 19.7 Å². The lowest BCUT2D eigenvalue weighted by Gasteiger charge is -2.55. The molecule has 0 spiro atoms. The molecule has 2 aliphatic rings. The van der Waals surface area contributed by atoms with E-state index in [0.717, 1.165) is 25.8 Å². The van der Waals surface area contributed by atoms with Crippen LogP contribution < -0.4 is 5.32 Å². The van der Waals surface area contributed by atoms with Crippen molar-refractivity contribution in [2.24, 2.45) is 5.41 Å². The molecule has 0 aromatic rings. The van der Waals surface area contributed by atoms with E-state index in [2.05, 4.69) is 24.1 Å². The molecular weight excluding hydrogens is 256 g/mol. The lowest BCUT2D eigenvalue weighted by atomic mass is 9.58. The van der Waals surface area contributed by atoms with Crippen molar-refractivity contribution < 1.29 is 14.3 Å². The van der Waals surface area contributed by atoms with Gasteiger partial charge in [0.05, 0.1) is 12.7 Å². The quantitative estimate of drug-likeness (QED) is 0.819. The summed E-state index contributed by atoms with van der Waals surface area (Å²) in [7, 11) is 3.79. The van der Waals surface area contributed by atoms with Crippen LogP contribution in [0.25, 0.3) is 0 Å². The van der Waals surface area contributed by atoms with Gasteiger partial charge in [-0.15, -0.1) is 0 Å². The minimum absolute atomic E-state index is 0.0300. The van der Waals surface area contributed by atoms with Gasteiger partial charge in [0, 0.05) is 31.7 Å². The fourth-order valence-corrected chi connectivity index (χ4v) is 3.68. The molecule has 0 bridgehead atoms. The number of methoxy groups -OCH3 is 1. The molecule has 1 N–H and O–H groups in total. The SMILES string of the molecule is CCC1(CC)C(NC(=O)C2CN(C)CCO2)CC1OC. The van der Waals surface area contributed by atoms with Gasteiger partial charge in [0.2, 0.25) is 0 Å². The third-order valence-electron chi connectivity index (χ3n) is 5.26. The minimum atomic E-state index is -0.332. The van der Waals surface area contributed by atoms with Crippen molar-refractivity contribution in [2.45, 2.75) is 51.4 Å². The highest BCUT2D eigenvalue weighted by molar-refractivity contribution is 5.81. The van der Waals surface area contributed by atoms with Crippen LogP contribution in [0.1, 0.15) is 33.1 Å². The van der Waals surface area contributed by atoms with Crippen LogP contribution in [0.15, 0.2) is 0 Å². The third kappa shape index (κ3) is 2.71. The Balaban J connectivity index is 1.94. The lowest BCUT2D eigenvalue weighted by molar-refractivity contribution is -0.152. The number of likely N-dealkylation sites (N-methyl/N-ethyl adjacent to an activating group) is 1. The highest BCUT2D eigenvalue weighted by Crippen LogP contribution is 2.48. The van der Waals surface area contributed by atoms with E-state index in [-0.39, 0.29) is 29.6 Å². The number of hydrogen-bond acceptors (Lipinski definition) is 4. The number of hydrogen-bond donors (Lipinski definition) is 1. The van der Waals surface area contributed by atoms with Crippen LogP contribution in [0.3, 0.4) is 0 Å². The molecule has 5 nitrogen and oxygen atoms in total. The summed E-state index contributed by atoms with van der Waals surface area (Å²) < 4.78 is 11.2. The molecule has 20 heavy (non-hydrogen) atoms. The van der Waals surface area contributed by atoms with Gasteiger partial charge in [-0.3, -0.25) is 4.79 Å². The zero-order chi connectivity index (χ0) is 14.8. The molecule has 0 aromatic heterocycles. The van der Waals surface area contributed by atoms with Crippen molar-refractivity contribution in [2.75, 3.05) is 33.9 Å². The topological polar surface area (TPSA) is 50.8 Å². The van der Waals surface area contributed by atoms with Crippen LogP contribution >= 0.6 is 0 Å². The van der Waals surface area contributed by atoms with Crippen molar-refractivity contribution in [3.05, 3.63) is 0 Å². The van der Waals surface area contributed by atoms with Crippen LogP contribution in [0.5, 0.6) is 0 Å². The number of morpholine rings is 1. The highest BCUT2D eigenvalue weighted by Gasteiger charge is 2.53. The number of ether oxygens (including phenoxy) is 2. The van der Waals surface area contributed by atoms with Crippen molar-refractivity contribution in [1.82, 2.24) is 10.2 Å². The van der Waals surface area contributed by atoms with Crippen LogP contribution in [0, 0.1) is 5.41 Å². The van der Waals surface area contributed by atoms with E-state index in [4.69, 9.17) is 9.47 Å². The van der Waals surface area contributed by atoms with Crippen molar-refractivity contribution in [1.29, 1.82) is 0 Å². The molecule has 5 heteroatoms. The van der Waals surface area contributed by atoms with E-state index >= 15 is 0 Å². The average Bonchev–Trinajstić information content (AvgIpc) is 2.44. The van der Waals surface area contributed by atoms with E-state index in [1.165, 1.54) is 0 Å². The zero-order valence-electron chi connectivity index (χ0n) is 13.1. The predicted molar refractivity (Wildman–Crippen MR) is 77.6 cm³/mol. The molecule has 3 unspecified atom stereocenters. The average molecular weight is 284 g/mol. The molecule has 2 fully saturated rings. The number of carbonyl (C=O) groups is 1. The Hall–Kier alpha value is -0.650. The molecule has 1 saturated heterocycles. The van der Waals surface area contributed by atoms with Crippen LogP contribution in [0.2, 0.25) is 0 Å². The van der Waals surface area contributed by atoms with E-state index < -0.39 is 0 Å². The molecule has 1 aliphatic heterocycles. The van der Waals surface area contributed by atoms with Gasteiger partial charge in [-0.05, 0) is 26.3 Å². The first-order chi connectivity index (χ1) is 9.57. The first kappa shape index (κ1) is 15.7. The Morgan fingerprint density at radius 1 is 1.45 bits per heavy atom. The lowest BCUT2D eigenvalue weighted by Crippen LogP contribution is -2.65. The summed E-state index contributed by atoms with van der Waals surface area (Å²) in [6.07, 6.45) is 2.89. The summed E-state index contributed by atoms with van der Waals surface area (Å²) >= 11 is 0. The maximum Gasteiger partial charge on any atom is 0.250 e. The molecule has 0 radical (unpaired) electrons. The second-order valence-corrected chi connectivity index (χ2v) is 6.08. The number of amides is 1. The molecule has 1 saturated carbocycles. The standard InChI is InChI=1S/C15H28N2O3/c1-5-15(6-2)12(9-13(15)19-4)16-14(18)11-10-17(3)7-8-20-11/h11-13H,5-10H2,1-4H3,(H,16,18). The molecule has 1 amide bonds. The Labute approximate surface area is 122 Å². The normalized spacial score (nSPS) is 33.5. The van der Waals surface area contributed by atoms with E-state index in [1.54, 1.807) is 7.11 Å². The molecule has 1 aliphatic carbocycles. The minimum Gasteiger partial charge on any atom is -0.381 e. The van der Waals surface area contributed by atoms with Gasteiger partial charge >= 0.3 is 0 Å². The summed E-state index contributed by atoms with van der Waals surface area (Å²) in [6, 6.07) is 0.214. The number of rotatable bonds is 5. The molecule has 2 rings (SSSR count). The molecule has 3 atom stereocenters. The van der Waals surface area contributed by atoms with E-state index in [1.807, 2.05) is 7.05 Å². The highest BCUT2D eigenvalue weighted by atomic mass is 16.5. The monoisotopic (exact) mass is 284 g/mol. The summed E-state index contributed by atoms with van der Waals surface area (Å²) in [6.45, 7) is 6.56. The molecular formula is C15H28N2O3. The second kappa shape index (κ2) is 6.41. The first-order valence-electron chi connectivity index (χ1n) is 7.70.